The number of halogens is 1. The Hall–Kier alpha value is -0.340. The van der Waals surface area contributed by atoms with Crippen LogP contribution in [0.5, 0.6) is 0 Å². The van der Waals surface area contributed by atoms with E-state index in [1.165, 1.54) is 55.1 Å². The maximum Gasteiger partial charge on any atom is 0.0182 e. The smallest absolute Gasteiger partial charge is 0.0182 e. The third kappa shape index (κ3) is 3.56. The van der Waals surface area contributed by atoms with Crippen molar-refractivity contribution in [3.8, 4) is 0 Å². The molecule has 1 fully saturated rings. The Labute approximate surface area is 113 Å². The van der Waals surface area contributed by atoms with Crippen LogP contribution in [0.4, 0.5) is 0 Å². The summed E-state index contributed by atoms with van der Waals surface area (Å²) in [6.45, 7) is 3.52. The zero-order chi connectivity index (χ0) is 12.1. The van der Waals surface area contributed by atoms with Crippen molar-refractivity contribution >= 4 is 15.9 Å². The van der Waals surface area contributed by atoms with Gasteiger partial charge in [0, 0.05) is 10.0 Å². The Morgan fingerprint density at radius 2 is 2.24 bits per heavy atom. The normalized spacial score (nSPS) is 24.8. The largest absolute Gasteiger partial charge is 0.311 e. The van der Waals surface area contributed by atoms with Gasteiger partial charge < -0.3 is 5.32 Å². The molecule has 0 bridgehead atoms. The maximum absolute atomic E-state index is 3.76. The van der Waals surface area contributed by atoms with Crippen molar-refractivity contribution < 1.29 is 0 Å². The van der Waals surface area contributed by atoms with Crippen molar-refractivity contribution in [2.45, 2.75) is 51.0 Å². The number of benzene rings is 1. The number of piperidine rings is 1. The number of rotatable bonds is 4. The van der Waals surface area contributed by atoms with Gasteiger partial charge in [-0.25, -0.2) is 0 Å². The van der Waals surface area contributed by atoms with E-state index in [1.54, 1.807) is 0 Å². The molecule has 2 heteroatoms. The van der Waals surface area contributed by atoms with Crippen molar-refractivity contribution in [2.24, 2.45) is 0 Å². The van der Waals surface area contributed by atoms with Crippen LogP contribution in [0.1, 0.15) is 44.6 Å². The number of hydrogen-bond donors (Lipinski definition) is 1. The quantitative estimate of drug-likeness (QED) is 0.873. The summed E-state index contributed by atoms with van der Waals surface area (Å²) in [6, 6.07) is 8.70. The van der Waals surface area contributed by atoms with E-state index in [0.717, 1.165) is 0 Å². The molecule has 2 rings (SSSR count). The van der Waals surface area contributed by atoms with Crippen molar-refractivity contribution in [2.75, 3.05) is 6.54 Å². The summed E-state index contributed by atoms with van der Waals surface area (Å²) in [6.07, 6.45) is 7.77. The van der Waals surface area contributed by atoms with Gasteiger partial charge >= 0.3 is 0 Å². The van der Waals surface area contributed by atoms with Gasteiger partial charge in [0.2, 0.25) is 0 Å². The average molecular weight is 296 g/mol. The minimum absolute atomic E-state index is 0.403. The van der Waals surface area contributed by atoms with Crippen molar-refractivity contribution in [3.63, 3.8) is 0 Å². The number of hydrogen-bond acceptors (Lipinski definition) is 1. The minimum atomic E-state index is 0.403. The van der Waals surface area contributed by atoms with Crippen LogP contribution < -0.4 is 5.32 Å². The van der Waals surface area contributed by atoms with Gasteiger partial charge in [0.1, 0.15) is 0 Å². The first-order valence-corrected chi connectivity index (χ1v) is 7.53. The summed E-state index contributed by atoms with van der Waals surface area (Å²) in [5.41, 5.74) is 1.85. The Morgan fingerprint density at radius 1 is 1.35 bits per heavy atom. The van der Waals surface area contributed by atoms with E-state index < -0.39 is 0 Å². The lowest BCUT2D eigenvalue weighted by Gasteiger charge is -2.38. The number of aryl methyl sites for hydroxylation is 1. The van der Waals surface area contributed by atoms with E-state index in [0.29, 0.717) is 5.54 Å². The van der Waals surface area contributed by atoms with Gasteiger partial charge in [-0.15, -0.1) is 0 Å². The molecule has 1 aliphatic heterocycles. The highest BCUT2D eigenvalue weighted by atomic mass is 79.9. The van der Waals surface area contributed by atoms with Crippen molar-refractivity contribution in [1.29, 1.82) is 0 Å². The third-order valence-corrected chi connectivity index (χ3v) is 4.53. The molecule has 0 saturated carbocycles. The van der Waals surface area contributed by atoms with E-state index in [1.807, 2.05) is 0 Å². The topological polar surface area (TPSA) is 12.0 Å². The predicted octanol–water partition coefficient (Wildman–Crippen LogP) is 4.30. The van der Waals surface area contributed by atoms with Crippen LogP contribution in [0.2, 0.25) is 0 Å². The van der Waals surface area contributed by atoms with E-state index in [-0.39, 0.29) is 0 Å². The summed E-state index contributed by atoms with van der Waals surface area (Å²) in [4.78, 5) is 0. The molecular weight excluding hydrogens is 274 g/mol. The molecule has 1 aromatic rings. The fourth-order valence-corrected chi connectivity index (χ4v) is 3.25. The average Bonchev–Trinajstić information content (AvgIpc) is 2.38. The molecule has 1 saturated heterocycles. The second-order valence-electron chi connectivity index (χ2n) is 5.15. The van der Waals surface area contributed by atoms with Crippen LogP contribution in [0, 0.1) is 0 Å². The first-order chi connectivity index (χ1) is 8.24. The van der Waals surface area contributed by atoms with Gasteiger partial charge in [0.25, 0.3) is 0 Å². The van der Waals surface area contributed by atoms with E-state index >= 15 is 0 Å². The lowest BCUT2D eigenvalue weighted by molar-refractivity contribution is 0.229. The van der Waals surface area contributed by atoms with Gasteiger partial charge in [-0.3, -0.25) is 0 Å². The summed E-state index contributed by atoms with van der Waals surface area (Å²) in [5, 5.41) is 3.76. The van der Waals surface area contributed by atoms with Crippen LogP contribution in [0.15, 0.2) is 28.7 Å². The lowest BCUT2D eigenvalue weighted by Crippen LogP contribution is -2.48. The fourth-order valence-electron chi connectivity index (χ4n) is 2.80. The van der Waals surface area contributed by atoms with Gasteiger partial charge in [-0.2, -0.15) is 0 Å². The molecule has 0 spiro atoms. The summed E-state index contributed by atoms with van der Waals surface area (Å²) < 4.78 is 1.19. The van der Waals surface area contributed by atoms with Crippen LogP contribution in [0.3, 0.4) is 0 Å². The van der Waals surface area contributed by atoms with Crippen LogP contribution in [-0.2, 0) is 6.42 Å². The van der Waals surface area contributed by atoms with Gasteiger partial charge in [0.05, 0.1) is 0 Å². The molecule has 17 heavy (non-hydrogen) atoms. The Balaban J connectivity index is 1.95. The molecule has 1 N–H and O–H groups in total. The molecule has 1 aromatic carbocycles. The van der Waals surface area contributed by atoms with Crippen molar-refractivity contribution in [1.82, 2.24) is 5.32 Å². The van der Waals surface area contributed by atoms with Gasteiger partial charge in [-0.05, 0) is 56.3 Å². The molecule has 0 aromatic heterocycles. The minimum Gasteiger partial charge on any atom is -0.311 e. The van der Waals surface area contributed by atoms with Crippen LogP contribution in [0.25, 0.3) is 0 Å². The highest BCUT2D eigenvalue weighted by molar-refractivity contribution is 9.10. The highest BCUT2D eigenvalue weighted by Gasteiger charge is 2.28. The van der Waals surface area contributed by atoms with Crippen molar-refractivity contribution in [3.05, 3.63) is 34.3 Å². The third-order valence-electron chi connectivity index (χ3n) is 4.04. The molecule has 1 aliphatic rings. The monoisotopic (exact) mass is 295 g/mol. The Bertz CT molecular complexity index is 356. The zero-order valence-corrected chi connectivity index (χ0v) is 12.2. The second kappa shape index (κ2) is 6.01. The standard InChI is InChI=1S/C15H22BrN/c1-2-15(9-3-4-11-17-15)10-8-13-6-5-7-14(16)12-13/h5-7,12,17H,2-4,8-11H2,1H3. The SMILES string of the molecule is CCC1(CCc2cccc(Br)c2)CCCCN1. The van der Waals surface area contributed by atoms with E-state index in [2.05, 4.69) is 52.4 Å². The summed E-state index contributed by atoms with van der Waals surface area (Å²) >= 11 is 3.54. The van der Waals surface area contributed by atoms with E-state index in [4.69, 9.17) is 0 Å². The first-order valence-electron chi connectivity index (χ1n) is 6.74. The number of nitrogens with one attached hydrogen (secondary N) is 1. The van der Waals surface area contributed by atoms with Gasteiger partial charge in [0.15, 0.2) is 0 Å². The predicted molar refractivity (Wildman–Crippen MR) is 77.3 cm³/mol. The van der Waals surface area contributed by atoms with Gasteiger partial charge in [-0.1, -0.05) is 41.4 Å². The molecule has 1 heterocycles. The molecule has 0 amide bonds. The molecule has 1 unspecified atom stereocenters. The Kier molecular flexibility index (Phi) is 4.63. The molecule has 0 aliphatic carbocycles. The molecular formula is C15H22BrN. The van der Waals surface area contributed by atoms with E-state index in [9.17, 15) is 0 Å². The molecule has 1 atom stereocenters. The highest BCUT2D eigenvalue weighted by Crippen LogP contribution is 2.28. The summed E-state index contributed by atoms with van der Waals surface area (Å²) in [5.74, 6) is 0. The first kappa shape index (κ1) is 13.1. The van der Waals surface area contributed by atoms with Crippen LogP contribution in [-0.4, -0.2) is 12.1 Å². The lowest BCUT2D eigenvalue weighted by atomic mass is 9.81. The molecule has 1 nitrogen and oxygen atoms in total. The summed E-state index contributed by atoms with van der Waals surface area (Å²) in [7, 11) is 0. The zero-order valence-electron chi connectivity index (χ0n) is 10.6. The molecule has 0 radical (unpaired) electrons. The fraction of sp³-hybridized carbons (Fsp3) is 0.600. The van der Waals surface area contributed by atoms with Crippen LogP contribution >= 0.6 is 15.9 Å². The molecule has 94 valence electrons. The second-order valence-corrected chi connectivity index (χ2v) is 6.06. The Morgan fingerprint density at radius 3 is 2.88 bits per heavy atom. The maximum atomic E-state index is 3.76.